The van der Waals surface area contributed by atoms with Crippen LogP contribution in [-0.2, 0) is 25.3 Å². The lowest BCUT2D eigenvalue weighted by Gasteiger charge is -2.08. The van der Waals surface area contributed by atoms with E-state index in [1.807, 2.05) is 0 Å². The second-order valence-electron chi connectivity index (χ2n) is 3.64. The fourth-order valence-electron chi connectivity index (χ4n) is 1.26. The summed E-state index contributed by atoms with van der Waals surface area (Å²) in [6, 6.07) is 7.50. The number of hydrogen-bond donors (Lipinski definition) is 0. The number of carbonyl (C=O) groups excluding carboxylic acids is 1. The van der Waals surface area contributed by atoms with E-state index >= 15 is 0 Å². The van der Waals surface area contributed by atoms with E-state index < -0.39 is 33.6 Å². The van der Waals surface area contributed by atoms with Crippen molar-refractivity contribution < 1.29 is 31.1 Å². The highest BCUT2D eigenvalue weighted by Crippen LogP contribution is 2.20. The van der Waals surface area contributed by atoms with E-state index in [2.05, 4.69) is 9.13 Å². The SMILES string of the molecule is COC(=O)/C(=N/S(=O)(=O)Cc1ccccc1)C(F)(F)F. The van der Waals surface area contributed by atoms with Crippen LogP contribution in [0.2, 0.25) is 0 Å². The van der Waals surface area contributed by atoms with Gasteiger partial charge in [0.15, 0.2) is 0 Å². The van der Waals surface area contributed by atoms with E-state index in [1.54, 1.807) is 6.07 Å². The van der Waals surface area contributed by atoms with Gasteiger partial charge in [0.05, 0.1) is 12.9 Å². The lowest BCUT2D eigenvalue weighted by Crippen LogP contribution is -2.33. The predicted octanol–water partition coefficient (Wildman–Crippen LogP) is 1.69. The number of rotatable bonds is 4. The van der Waals surface area contributed by atoms with Crippen LogP contribution in [0.5, 0.6) is 0 Å². The number of alkyl halides is 3. The van der Waals surface area contributed by atoms with Gasteiger partial charge in [-0.05, 0) is 5.56 Å². The number of halogens is 3. The molecule has 9 heteroatoms. The van der Waals surface area contributed by atoms with Crippen molar-refractivity contribution in [2.75, 3.05) is 7.11 Å². The molecule has 0 bridgehead atoms. The molecule has 1 aromatic carbocycles. The molecule has 0 N–H and O–H groups in total. The first-order chi connectivity index (χ1) is 9.15. The summed E-state index contributed by atoms with van der Waals surface area (Å²) in [5.74, 6) is -2.60. The van der Waals surface area contributed by atoms with Crippen molar-refractivity contribution in [2.45, 2.75) is 11.9 Å². The van der Waals surface area contributed by atoms with Crippen molar-refractivity contribution in [3.8, 4) is 0 Å². The molecule has 0 amide bonds. The first kappa shape index (κ1) is 16.2. The maximum atomic E-state index is 12.5. The number of sulfonamides is 1. The molecular formula is C11H10F3NO4S. The fourth-order valence-corrected chi connectivity index (χ4v) is 2.39. The van der Waals surface area contributed by atoms with Gasteiger partial charge in [-0.2, -0.15) is 17.6 Å². The summed E-state index contributed by atoms with van der Waals surface area (Å²) in [5.41, 5.74) is -1.85. The Labute approximate surface area is 113 Å². The molecule has 5 nitrogen and oxygen atoms in total. The normalized spacial score (nSPS) is 13.1. The number of esters is 1. The van der Waals surface area contributed by atoms with E-state index in [-0.39, 0.29) is 5.56 Å². The third kappa shape index (κ3) is 4.65. The maximum absolute atomic E-state index is 12.5. The molecule has 0 saturated heterocycles. The third-order valence-electron chi connectivity index (χ3n) is 2.07. The van der Waals surface area contributed by atoms with Crippen LogP contribution in [0.1, 0.15) is 5.56 Å². The third-order valence-corrected chi connectivity index (χ3v) is 3.23. The van der Waals surface area contributed by atoms with Crippen molar-refractivity contribution in [3.05, 3.63) is 35.9 Å². The Morgan fingerprint density at radius 1 is 1.25 bits per heavy atom. The molecule has 0 unspecified atom stereocenters. The number of methoxy groups -OCH3 is 1. The Morgan fingerprint density at radius 3 is 2.25 bits per heavy atom. The number of hydrogen-bond acceptors (Lipinski definition) is 4. The van der Waals surface area contributed by atoms with Gasteiger partial charge in [-0.25, -0.2) is 13.2 Å². The number of benzene rings is 1. The first-order valence-corrected chi connectivity index (χ1v) is 6.79. The van der Waals surface area contributed by atoms with E-state index in [0.717, 1.165) is 0 Å². The molecule has 0 aromatic heterocycles. The molecule has 1 aromatic rings. The molecule has 0 aliphatic rings. The van der Waals surface area contributed by atoms with Crippen LogP contribution in [0, 0.1) is 0 Å². The highest BCUT2D eigenvalue weighted by atomic mass is 32.2. The van der Waals surface area contributed by atoms with E-state index in [9.17, 15) is 26.4 Å². The lowest BCUT2D eigenvalue weighted by atomic mass is 10.2. The average molecular weight is 309 g/mol. The number of carbonyl (C=O) groups is 1. The molecule has 0 atom stereocenters. The zero-order chi connectivity index (χ0) is 15.4. The molecule has 0 spiro atoms. The van der Waals surface area contributed by atoms with Gasteiger partial charge in [0.1, 0.15) is 0 Å². The van der Waals surface area contributed by atoms with Crippen LogP contribution in [-0.4, -0.2) is 33.4 Å². The monoisotopic (exact) mass is 309 g/mol. The van der Waals surface area contributed by atoms with Crippen LogP contribution in [0.4, 0.5) is 13.2 Å². The van der Waals surface area contributed by atoms with E-state index in [4.69, 9.17) is 0 Å². The lowest BCUT2D eigenvalue weighted by molar-refractivity contribution is -0.137. The molecule has 0 aliphatic carbocycles. The molecule has 20 heavy (non-hydrogen) atoms. The van der Waals surface area contributed by atoms with Crippen LogP contribution >= 0.6 is 0 Å². The van der Waals surface area contributed by atoms with Gasteiger partial charge < -0.3 is 4.74 Å². The van der Waals surface area contributed by atoms with Crippen molar-refractivity contribution in [1.82, 2.24) is 0 Å². The summed E-state index contributed by atoms with van der Waals surface area (Å²) < 4.78 is 67.2. The van der Waals surface area contributed by atoms with Crippen LogP contribution in [0.3, 0.4) is 0 Å². The highest BCUT2D eigenvalue weighted by molar-refractivity contribution is 7.89. The maximum Gasteiger partial charge on any atom is 0.441 e. The second-order valence-corrected chi connectivity index (χ2v) is 5.28. The molecule has 0 aliphatic heterocycles. The fraction of sp³-hybridized carbons (Fsp3) is 0.273. The highest BCUT2D eigenvalue weighted by Gasteiger charge is 2.43. The van der Waals surface area contributed by atoms with Crippen LogP contribution in [0.25, 0.3) is 0 Å². The van der Waals surface area contributed by atoms with Gasteiger partial charge in [-0.1, -0.05) is 30.3 Å². The average Bonchev–Trinajstić information content (AvgIpc) is 2.34. The van der Waals surface area contributed by atoms with Gasteiger partial charge in [-0.3, -0.25) is 0 Å². The number of nitrogens with zero attached hydrogens (tertiary/aromatic N) is 1. The summed E-state index contributed by atoms with van der Waals surface area (Å²) in [6.07, 6.45) is -5.21. The first-order valence-electron chi connectivity index (χ1n) is 5.18. The van der Waals surface area contributed by atoms with Crippen molar-refractivity contribution >= 4 is 21.7 Å². The molecule has 0 fully saturated rings. The number of ether oxygens (including phenoxy) is 1. The minimum Gasteiger partial charge on any atom is -0.464 e. The molecule has 1 rings (SSSR count). The molecule has 0 saturated carbocycles. The van der Waals surface area contributed by atoms with Crippen molar-refractivity contribution in [2.24, 2.45) is 4.40 Å². The van der Waals surface area contributed by atoms with Gasteiger partial charge in [0.25, 0.3) is 10.0 Å². The summed E-state index contributed by atoms with van der Waals surface area (Å²) in [6.45, 7) is 0. The van der Waals surface area contributed by atoms with E-state index in [1.165, 1.54) is 24.3 Å². The Morgan fingerprint density at radius 2 is 1.80 bits per heavy atom. The van der Waals surface area contributed by atoms with Gasteiger partial charge in [0, 0.05) is 0 Å². The standard InChI is InChI=1S/C11H10F3NO4S/c1-19-10(16)9(11(12,13)14)15-20(17,18)7-8-5-3-2-4-6-8/h2-6H,7H2,1H3/b15-9-. The Kier molecular flexibility index (Phi) is 4.88. The van der Waals surface area contributed by atoms with Crippen molar-refractivity contribution in [3.63, 3.8) is 0 Å². The Balaban J connectivity index is 3.13. The molecule has 110 valence electrons. The predicted molar refractivity (Wildman–Crippen MR) is 64.6 cm³/mol. The molecular weight excluding hydrogens is 299 g/mol. The Bertz CT molecular complexity index is 608. The minimum absolute atomic E-state index is 0.252. The summed E-state index contributed by atoms with van der Waals surface area (Å²) in [5, 5.41) is 0. The van der Waals surface area contributed by atoms with Gasteiger partial charge >= 0.3 is 12.1 Å². The van der Waals surface area contributed by atoms with Gasteiger partial charge in [0.2, 0.25) is 5.71 Å². The van der Waals surface area contributed by atoms with Crippen LogP contribution < -0.4 is 0 Å². The Hall–Kier alpha value is -1.90. The smallest absolute Gasteiger partial charge is 0.441 e. The van der Waals surface area contributed by atoms with Crippen molar-refractivity contribution in [1.29, 1.82) is 0 Å². The largest absolute Gasteiger partial charge is 0.464 e. The van der Waals surface area contributed by atoms with Gasteiger partial charge in [-0.15, -0.1) is 0 Å². The summed E-state index contributed by atoms with van der Waals surface area (Å²) >= 11 is 0. The molecule has 0 radical (unpaired) electrons. The quantitative estimate of drug-likeness (QED) is 0.627. The minimum atomic E-state index is -5.21. The topological polar surface area (TPSA) is 72.8 Å². The summed E-state index contributed by atoms with van der Waals surface area (Å²) in [7, 11) is -3.80. The molecule has 0 heterocycles. The second kappa shape index (κ2) is 6.04. The van der Waals surface area contributed by atoms with Crippen LogP contribution in [0.15, 0.2) is 34.7 Å². The zero-order valence-electron chi connectivity index (χ0n) is 10.2. The summed E-state index contributed by atoms with van der Waals surface area (Å²) in [4.78, 5) is 11.0. The zero-order valence-corrected chi connectivity index (χ0v) is 11.0. The van der Waals surface area contributed by atoms with E-state index in [0.29, 0.717) is 7.11 Å².